The first-order valence-electron chi connectivity index (χ1n) is 7.45. The van der Waals surface area contributed by atoms with Crippen molar-refractivity contribution in [1.82, 2.24) is 0 Å². The molecule has 0 spiro atoms. The zero-order valence-electron chi connectivity index (χ0n) is 13.4. The number of rotatable bonds is 8. The second kappa shape index (κ2) is 10.1. The zero-order chi connectivity index (χ0) is 17.2. The van der Waals surface area contributed by atoms with Crippen molar-refractivity contribution in [1.29, 1.82) is 0 Å². The summed E-state index contributed by atoms with van der Waals surface area (Å²) in [5.74, 6) is 0.542. The van der Waals surface area contributed by atoms with Crippen molar-refractivity contribution in [2.45, 2.75) is 16.2 Å². The van der Waals surface area contributed by atoms with Gasteiger partial charge in [-0.05, 0) is 24.3 Å². The predicted molar refractivity (Wildman–Crippen MR) is 99.6 cm³/mol. The second-order valence-electron chi connectivity index (χ2n) is 4.84. The first-order valence-corrected chi connectivity index (χ1v) is 9.42. The van der Waals surface area contributed by atoms with Gasteiger partial charge in [-0.25, -0.2) is 0 Å². The number of amides is 1. The van der Waals surface area contributed by atoms with E-state index in [0.717, 1.165) is 15.5 Å². The molecule has 24 heavy (non-hydrogen) atoms. The van der Waals surface area contributed by atoms with E-state index in [1.165, 1.54) is 18.9 Å². The first-order chi connectivity index (χ1) is 11.7. The minimum absolute atomic E-state index is 0.0778. The minimum Gasteiger partial charge on any atom is -0.469 e. The molecule has 0 saturated heterocycles. The number of para-hydroxylation sites is 1. The van der Waals surface area contributed by atoms with Crippen molar-refractivity contribution in [3.05, 3.63) is 54.6 Å². The summed E-state index contributed by atoms with van der Waals surface area (Å²) in [6.45, 7) is 0. The number of hydrogen-bond donors (Lipinski definition) is 1. The summed E-state index contributed by atoms with van der Waals surface area (Å²) >= 11 is 3.02. The Morgan fingerprint density at radius 3 is 2.50 bits per heavy atom. The lowest BCUT2D eigenvalue weighted by Crippen LogP contribution is -2.15. The molecule has 0 aliphatic carbocycles. The third kappa shape index (κ3) is 6.29. The third-order valence-electron chi connectivity index (χ3n) is 3.04. The van der Waals surface area contributed by atoms with Gasteiger partial charge in [0.25, 0.3) is 0 Å². The van der Waals surface area contributed by atoms with Crippen LogP contribution in [0.5, 0.6) is 0 Å². The summed E-state index contributed by atoms with van der Waals surface area (Å²) < 4.78 is 4.57. The van der Waals surface area contributed by atoms with Crippen molar-refractivity contribution < 1.29 is 14.3 Å². The van der Waals surface area contributed by atoms with E-state index in [-0.39, 0.29) is 11.9 Å². The van der Waals surface area contributed by atoms with Crippen molar-refractivity contribution in [2.75, 3.05) is 23.9 Å². The molecule has 0 unspecified atom stereocenters. The molecule has 126 valence electrons. The van der Waals surface area contributed by atoms with E-state index in [1.54, 1.807) is 11.8 Å². The third-order valence-corrected chi connectivity index (χ3v) is 5.09. The molecule has 0 fully saturated rings. The van der Waals surface area contributed by atoms with Gasteiger partial charge in [-0.3, -0.25) is 9.59 Å². The summed E-state index contributed by atoms with van der Waals surface area (Å²) in [7, 11) is 1.36. The van der Waals surface area contributed by atoms with E-state index < -0.39 is 0 Å². The van der Waals surface area contributed by atoms with Gasteiger partial charge in [-0.2, -0.15) is 11.8 Å². The van der Waals surface area contributed by atoms with Crippen molar-refractivity contribution in [3.8, 4) is 0 Å². The molecule has 1 N–H and O–H groups in total. The zero-order valence-corrected chi connectivity index (χ0v) is 15.0. The fraction of sp³-hybridized carbons (Fsp3) is 0.222. The van der Waals surface area contributed by atoms with Gasteiger partial charge in [-0.15, -0.1) is 0 Å². The molecule has 2 aromatic carbocycles. The van der Waals surface area contributed by atoms with Gasteiger partial charge >= 0.3 is 5.97 Å². The van der Waals surface area contributed by atoms with Gasteiger partial charge < -0.3 is 10.1 Å². The summed E-state index contributed by atoms with van der Waals surface area (Å²) in [5, 5.41) is 2.94. The molecule has 0 aliphatic rings. The molecule has 4 nitrogen and oxygen atoms in total. The van der Waals surface area contributed by atoms with E-state index >= 15 is 0 Å². The Balaban J connectivity index is 1.88. The number of ether oxygens (including phenoxy) is 1. The Hall–Kier alpha value is -1.92. The van der Waals surface area contributed by atoms with Gasteiger partial charge in [0.15, 0.2) is 0 Å². The molecule has 0 atom stereocenters. The Labute approximate surface area is 150 Å². The normalized spacial score (nSPS) is 10.2. The van der Waals surface area contributed by atoms with E-state index in [9.17, 15) is 9.59 Å². The van der Waals surface area contributed by atoms with Crippen LogP contribution in [0.3, 0.4) is 0 Å². The lowest BCUT2D eigenvalue weighted by molar-refractivity contribution is -0.140. The Morgan fingerprint density at radius 1 is 1.04 bits per heavy atom. The average Bonchev–Trinajstić information content (AvgIpc) is 2.61. The van der Waals surface area contributed by atoms with Gasteiger partial charge in [0.05, 0.1) is 25.0 Å². The average molecular weight is 361 g/mol. The Bertz CT molecular complexity index is 677. The van der Waals surface area contributed by atoms with Crippen LogP contribution in [0.25, 0.3) is 0 Å². The van der Waals surface area contributed by atoms with Crippen LogP contribution in [0.4, 0.5) is 5.69 Å². The second-order valence-corrected chi connectivity index (χ2v) is 7.06. The smallest absolute Gasteiger partial charge is 0.306 e. The molecule has 1 amide bonds. The van der Waals surface area contributed by atoms with Crippen LogP contribution in [-0.4, -0.2) is 30.5 Å². The van der Waals surface area contributed by atoms with Crippen molar-refractivity contribution >= 4 is 41.1 Å². The first kappa shape index (κ1) is 18.4. The monoisotopic (exact) mass is 361 g/mol. The molecule has 0 saturated carbocycles. The number of methoxy groups -OCH3 is 1. The number of carbonyl (C=O) groups is 2. The maximum absolute atomic E-state index is 12.1. The topological polar surface area (TPSA) is 55.4 Å². The van der Waals surface area contributed by atoms with Crippen molar-refractivity contribution in [3.63, 3.8) is 0 Å². The summed E-state index contributed by atoms with van der Waals surface area (Å²) in [6.07, 6.45) is 0.314. The molecular formula is C18H19NO3S2. The highest BCUT2D eigenvalue weighted by Gasteiger charge is 2.08. The standard InChI is InChI=1S/C18H19NO3S2/c1-22-18(21)11-12-23-13-17(20)19-15-9-5-6-10-16(15)24-14-7-3-2-4-8-14/h2-10H,11-13H2,1H3,(H,19,20). The fourth-order valence-electron chi connectivity index (χ4n) is 1.88. The highest BCUT2D eigenvalue weighted by atomic mass is 32.2. The van der Waals surface area contributed by atoms with Crippen LogP contribution in [0.15, 0.2) is 64.4 Å². The molecule has 6 heteroatoms. The number of hydrogen-bond acceptors (Lipinski definition) is 5. The largest absolute Gasteiger partial charge is 0.469 e. The van der Waals surface area contributed by atoms with Crippen molar-refractivity contribution in [2.24, 2.45) is 0 Å². The van der Waals surface area contributed by atoms with E-state index in [2.05, 4.69) is 10.1 Å². The number of benzene rings is 2. The molecular weight excluding hydrogens is 342 g/mol. The van der Waals surface area contributed by atoms with E-state index in [4.69, 9.17) is 0 Å². The number of thioether (sulfide) groups is 1. The number of nitrogens with one attached hydrogen (secondary N) is 1. The van der Waals surface area contributed by atoms with Gasteiger partial charge in [-0.1, -0.05) is 42.1 Å². The van der Waals surface area contributed by atoms with Gasteiger partial charge in [0.2, 0.25) is 5.91 Å². The predicted octanol–water partition coefficient (Wildman–Crippen LogP) is 4.07. The maximum atomic E-state index is 12.1. The fourth-order valence-corrected chi connectivity index (χ4v) is 3.52. The van der Waals surface area contributed by atoms with E-state index in [1.807, 2.05) is 54.6 Å². The number of esters is 1. The van der Waals surface area contributed by atoms with Crippen LogP contribution in [0.1, 0.15) is 6.42 Å². The molecule has 0 aromatic heterocycles. The Kier molecular flexibility index (Phi) is 7.71. The van der Waals surface area contributed by atoms with E-state index in [0.29, 0.717) is 17.9 Å². The number of carbonyl (C=O) groups excluding carboxylic acids is 2. The van der Waals surface area contributed by atoms with Crippen LogP contribution < -0.4 is 5.32 Å². The highest BCUT2D eigenvalue weighted by Crippen LogP contribution is 2.33. The van der Waals surface area contributed by atoms with Gasteiger partial charge in [0, 0.05) is 15.5 Å². The number of anilines is 1. The SMILES string of the molecule is COC(=O)CCSCC(=O)Nc1ccccc1Sc1ccccc1. The molecule has 2 rings (SSSR count). The quantitative estimate of drug-likeness (QED) is 0.567. The highest BCUT2D eigenvalue weighted by molar-refractivity contribution is 8.00. The van der Waals surface area contributed by atoms with Gasteiger partial charge in [0.1, 0.15) is 0 Å². The molecule has 0 aliphatic heterocycles. The summed E-state index contributed by atoms with van der Waals surface area (Å²) in [6, 6.07) is 17.7. The maximum Gasteiger partial charge on any atom is 0.306 e. The summed E-state index contributed by atoms with van der Waals surface area (Å²) in [5.41, 5.74) is 0.796. The minimum atomic E-state index is -0.257. The molecule has 0 radical (unpaired) electrons. The lowest BCUT2D eigenvalue weighted by atomic mass is 10.3. The van der Waals surface area contributed by atoms with Crippen LogP contribution in [-0.2, 0) is 14.3 Å². The van der Waals surface area contributed by atoms with Crippen LogP contribution in [0.2, 0.25) is 0 Å². The van der Waals surface area contributed by atoms with Crippen LogP contribution in [0, 0.1) is 0 Å². The molecule has 0 heterocycles. The van der Waals surface area contributed by atoms with Crippen LogP contribution >= 0.6 is 23.5 Å². The molecule has 2 aromatic rings. The summed E-state index contributed by atoms with van der Waals surface area (Å²) in [4.78, 5) is 25.2. The molecule has 0 bridgehead atoms. The lowest BCUT2D eigenvalue weighted by Gasteiger charge is -2.10. The Morgan fingerprint density at radius 2 is 1.75 bits per heavy atom.